The molecule has 1 saturated heterocycles. The van der Waals surface area contributed by atoms with Gasteiger partial charge in [-0.2, -0.15) is 0 Å². The van der Waals surface area contributed by atoms with Gasteiger partial charge in [0, 0.05) is 12.6 Å². The molecule has 1 aromatic carbocycles. The Hall–Kier alpha value is -0.860. The van der Waals surface area contributed by atoms with E-state index in [2.05, 4.69) is 35.1 Å². The Kier molecular flexibility index (Phi) is 1.88. The minimum absolute atomic E-state index is 0.510. The van der Waals surface area contributed by atoms with Crippen molar-refractivity contribution in [2.24, 2.45) is 0 Å². The molecule has 2 heteroatoms. The molecule has 1 heterocycles. The van der Waals surface area contributed by atoms with Gasteiger partial charge in [0.05, 0.1) is 0 Å². The second-order valence-electron chi connectivity index (χ2n) is 2.82. The quantitative estimate of drug-likeness (QED) is 0.626. The van der Waals surface area contributed by atoms with Crippen molar-refractivity contribution >= 4 is 0 Å². The zero-order chi connectivity index (χ0) is 7.52. The molecule has 0 aromatic heterocycles. The zero-order valence-electron chi connectivity index (χ0n) is 6.38. The smallest absolute Gasteiger partial charge is 0.0475 e. The van der Waals surface area contributed by atoms with Crippen molar-refractivity contribution in [1.82, 2.24) is 10.9 Å². The second-order valence-corrected chi connectivity index (χ2v) is 2.82. The van der Waals surface area contributed by atoms with E-state index in [1.54, 1.807) is 0 Å². The predicted octanol–water partition coefficient (Wildman–Crippen LogP) is 1.23. The van der Waals surface area contributed by atoms with Crippen molar-refractivity contribution in [2.45, 2.75) is 12.5 Å². The van der Waals surface area contributed by atoms with E-state index in [-0.39, 0.29) is 0 Å². The summed E-state index contributed by atoms with van der Waals surface area (Å²) in [4.78, 5) is 0. The number of benzene rings is 1. The lowest BCUT2D eigenvalue weighted by molar-refractivity contribution is 0.581. The van der Waals surface area contributed by atoms with E-state index in [1.807, 2.05) is 6.07 Å². The summed E-state index contributed by atoms with van der Waals surface area (Å²) in [5, 5.41) is 0. The molecule has 2 nitrogen and oxygen atoms in total. The van der Waals surface area contributed by atoms with Gasteiger partial charge in [-0.1, -0.05) is 30.3 Å². The highest BCUT2D eigenvalue weighted by atomic mass is 15.4. The van der Waals surface area contributed by atoms with Gasteiger partial charge in [0.25, 0.3) is 0 Å². The van der Waals surface area contributed by atoms with Gasteiger partial charge >= 0.3 is 0 Å². The van der Waals surface area contributed by atoms with Crippen molar-refractivity contribution in [3.63, 3.8) is 0 Å². The Bertz CT molecular complexity index is 214. The predicted molar refractivity (Wildman–Crippen MR) is 44.9 cm³/mol. The maximum Gasteiger partial charge on any atom is 0.0475 e. The van der Waals surface area contributed by atoms with Crippen LogP contribution in [-0.4, -0.2) is 6.54 Å². The van der Waals surface area contributed by atoms with Crippen LogP contribution < -0.4 is 10.9 Å². The minimum atomic E-state index is 0.510. The third kappa shape index (κ3) is 1.42. The minimum Gasteiger partial charge on any atom is -0.257 e. The zero-order valence-corrected chi connectivity index (χ0v) is 6.38. The van der Waals surface area contributed by atoms with Gasteiger partial charge in [-0.25, -0.2) is 0 Å². The van der Waals surface area contributed by atoms with E-state index in [0.717, 1.165) is 6.54 Å². The Balaban J connectivity index is 2.16. The van der Waals surface area contributed by atoms with E-state index in [9.17, 15) is 0 Å². The van der Waals surface area contributed by atoms with Crippen LogP contribution in [0.1, 0.15) is 18.0 Å². The molecular weight excluding hydrogens is 136 g/mol. The molecule has 58 valence electrons. The van der Waals surface area contributed by atoms with Crippen LogP contribution in [0.5, 0.6) is 0 Å². The van der Waals surface area contributed by atoms with E-state index in [0.29, 0.717) is 6.04 Å². The normalized spacial score (nSPS) is 23.8. The maximum absolute atomic E-state index is 3.22. The Morgan fingerprint density at radius 1 is 1.18 bits per heavy atom. The molecule has 1 fully saturated rings. The molecule has 0 spiro atoms. The van der Waals surface area contributed by atoms with Gasteiger partial charge in [-0.05, 0) is 12.0 Å². The first-order valence-corrected chi connectivity index (χ1v) is 4.00. The first-order chi connectivity index (χ1) is 5.47. The number of hydrogen-bond donors (Lipinski definition) is 2. The van der Waals surface area contributed by atoms with Crippen LogP contribution in [0.25, 0.3) is 0 Å². The van der Waals surface area contributed by atoms with Gasteiger partial charge in [-0.3, -0.25) is 10.9 Å². The molecule has 1 aliphatic heterocycles. The largest absolute Gasteiger partial charge is 0.257 e. The van der Waals surface area contributed by atoms with E-state index < -0.39 is 0 Å². The molecule has 0 aliphatic carbocycles. The molecule has 11 heavy (non-hydrogen) atoms. The Morgan fingerprint density at radius 3 is 2.64 bits per heavy atom. The van der Waals surface area contributed by atoms with Gasteiger partial charge in [0.15, 0.2) is 0 Å². The Labute approximate surface area is 66.6 Å². The maximum atomic E-state index is 3.22. The number of hydrogen-bond acceptors (Lipinski definition) is 2. The number of nitrogens with one attached hydrogen (secondary N) is 2. The molecule has 2 rings (SSSR count). The summed E-state index contributed by atoms with van der Waals surface area (Å²) in [5.74, 6) is 0. The number of hydrazine groups is 1. The average molecular weight is 148 g/mol. The van der Waals surface area contributed by atoms with Crippen LogP contribution in [0.3, 0.4) is 0 Å². The van der Waals surface area contributed by atoms with Crippen molar-refractivity contribution in [2.75, 3.05) is 6.54 Å². The average Bonchev–Trinajstić information content (AvgIpc) is 2.58. The fraction of sp³-hybridized carbons (Fsp3) is 0.333. The lowest BCUT2D eigenvalue weighted by Gasteiger charge is -2.08. The number of rotatable bonds is 1. The van der Waals surface area contributed by atoms with E-state index >= 15 is 0 Å². The van der Waals surface area contributed by atoms with Gasteiger partial charge in [0.2, 0.25) is 0 Å². The summed E-state index contributed by atoms with van der Waals surface area (Å²) in [7, 11) is 0. The molecule has 1 aliphatic rings. The fourth-order valence-electron chi connectivity index (χ4n) is 1.42. The molecule has 0 amide bonds. The van der Waals surface area contributed by atoms with Crippen LogP contribution in [0.4, 0.5) is 0 Å². The van der Waals surface area contributed by atoms with Crippen LogP contribution in [0.2, 0.25) is 0 Å². The highest BCUT2D eigenvalue weighted by Gasteiger charge is 2.14. The van der Waals surface area contributed by atoms with Crippen molar-refractivity contribution in [3.8, 4) is 0 Å². The van der Waals surface area contributed by atoms with Crippen molar-refractivity contribution in [1.29, 1.82) is 0 Å². The SMILES string of the molecule is c1ccc(C2CCNN2)cc1. The standard InChI is InChI=1S/C9H12N2/c1-2-4-8(5-3-1)9-6-7-10-11-9/h1-5,9-11H,6-7H2. The monoisotopic (exact) mass is 148 g/mol. The first kappa shape index (κ1) is 6.83. The Morgan fingerprint density at radius 2 is 2.00 bits per heavy atom. The molecule has 1 aromatic rings. The molecule has 0 radical (unpaired) electrons. The summed E-state index contributed by atoms with van der Waals surface area (Å²) >= 11 is 0. The van der Waals surface area contributed by atoms with Crippen LogP contribution in [0.15, 0.2) is 30.3 Å². The second kappa shape index (κ2) is 3.03. The molecule has 1 unspecified atom stereocenters. The van der Waals surface area contributed by atoms with Crippen molar-refractivity contribution in [3.05, 3.63) is 35.9 Å². The highest BCUT2D eigenvalue weighted by molar-refractivity contribution is 5.19. The lowest BCUT2D eigenvalue weighted by atomic mass is 10.1. The molecule has 2 N–H and O–H groups in total. The van der Waals surface area contributed by atoms with E-state index in [1.165, 1.54) is 12.0 Å². The topological polar surface area (TPSA) is 24.1 Å². The highest BCUT2D eigenvalue weighted by Crippen LogP contribution is 2.17. The fourth-order valence-corrected chi connectivity index (χ4v) is 1.42. The van der Waals surface area contributed by atoms with Gasteiger partial charge in [0.1, 0.15) is 0 Å². The summed E-state index contributed by atoms with van der Waals surface area (Å²) in [6, 6.07) is 11.0. The van der Waals surface area contributed by atoms with Crippen molar-refractivity contribution < 1.29 is 0 Å². The van der Waals surface area contributed by atoms with Crippen LogP contribution in [0, 0.1) is 0 Å². The van der Waals surface area contributed by atoms with Crippen LogP contribution in [-0.2, 0) is 0 Å². The first-order valence-electron chi connectivity index (χ1n) is 4.00. The van der Waals surface area contributed by atoms with E-state index in [4.69, 9.17) is 0 Å². The molecular formula is C9H12N2. The molecule has 0 bridgehead atoms. The van der Waals surface area contributed by atoms with Gasteiger partial charge in [-0.15, -0.1) is 0 Å². The third-order valence-electron chi connectivity index (χ3n) is 2.04. The van der Waals surface area contributed by atoms with Crippen LogP contribution >= 0.6 is 0 Å². The summed E-state index contributed by atoms with van der Waals surface area (Å²) < 4.78 is 0. The summed E-state index contributed by atoms with van der Waals surface area (Å²) in [5.41, 5.74) is 7.72. The molecule has 0 saturated carbocycles. The summed E-state index contributed by atoms with van der Waals surface area (Å²) in [6.45, 7) is 1.07. The molecule has 1 atom stereocenters. The van der Waals surface area contributed by atoms with Gasteiger partial charge < -0.3 is 0 Å². The lowest BCUT2D eigenvalue weighted by Crippen LogP contribution is -2.24. The summed E-state index contributed by atoms with van der Waals surface area (Å²) in [6.07, 6.45) is 1.18. The third-order valence-corrected chi connectivity index (χ3v) is 2.04.